The second-order valence-electron chi connectivity index (χ2n) is 6.29. The van der Waals surface area contributed by atoms with Crippen molar-refractivity contribution in [3.63, 3.8) is 0 Å². The molecule has 3 aromatic rings. The van der Waals surface area contributed by atoms with E-state index >= 15 is 0 Å². The minimum atomic E-state index is -0.0863. The van der Waals surface area contributed by atoms with Gasteiger partial charge in [-0.15, -0.1) is 0 Å². The SMILES string of the molecule is CC1Cc2ccccc2N1C(=O)c1cnc(Nc2cccc(Cl)c2)nc1. The van der Waals surface area contributed by atoms with Crippen molar-refractivity contribution in [1.29, 1.82) is 0 Å². The van der Waals surface area contributed by atoms with Gasteiger partial charge in [-0.25, -0.2) is 9.97 Å². The Morgan fingerprint density at radius 2 is 1.92 bits per heavy atom. The molecule has 1 aliphatic heterocycles. The number of hydrogen-bond acceptors (Lipinski definition) is 4. The second kappa shape index (κ2) is 6.77. The Balaban J connectivity index is 1.54. The number of amides is 1. The quantitative estimate of drug-likeness (QED) is 0.745. The third-order valence-electron chi connectivity index (χ3n) is 4.41. The van der Waals surface area contributed by atoms with E-state index in [1.165, 1.54) is 5.56 Å². The predicted molar refractivity (Wildman–Crippen MR) is 103 cm³/mol. The molecule has 2 heterocycles. The summed E-state index contributed by atoms with van der Waals surface area (Å²) in [5.41, 5.74) is 3.41. The molecule has 0 fully saturated rings. The Kier molecular flexibility index (Phi) is 4.31. The van der Waals surface area contributed by atoms with Crippen molar-refractivity contribution >= 4 is 34.8 Å². The van der Waals surface area contributed by atoms with E-state index in [4.69, 9.17) is 11.6 Å². The lowest BCUT2D eigenvalue weighted by Crippen LogP contribution is -2.35. The molecule has 0 radical (unpaired) electrons. The highest BCUT2D eigenvalue weighted by atomic mass is 35.5. The molecule has 0 aliphatic carbocycles. The van der Waals surface area contributed by atoms with Crippen molar-refractivity contribution in [3.8, 4) is 0 Å². The van der Waals surface area contributed by atoms with Gasteiger partial charge in [-0.2, -0.15) is 0 Å². The van der Waals surface area contributed by atoms with Crippen LogP contribution in [0.1, 0.15) is 22.8 Å². The van der Waals surface area contributed by atoms with Gasteiger partial charge < -0.3 is 10.2 Å². The normalized spacial score (nSPS) is 15.6. The van der Waals surface area contributed by atoms with Gasteiger partial charge in [0.25, 0.3) is 5.91 Å². The average molecular weight is 365 g/mol. The van der Waals surface area contributed by atoms with Gasteiger partial charge in [0, 0.05) is 34.8 Å². The van der Waals surface area contributed by atoms with Crippen LogP contribution >= 0.6 is 11.6 Å². The lowest BCUT2D eigenvalue weighted by molar-refractivity contribution is 0.0981. The standard InChI is InChI=1S/C20H17ClN4O/c1-13-9-14-5-2-3-8-18(14)25(13)19(26)15-11-22-20(23-12-15)24-17-7-4-6-16(21)10-17/h2-8,10-13H,9H2,1H3,(H,22,23,24). The smallest absolute Gasteiger partial charge is 0.261 e. The number of nitrogens with zero attached hydrogens (tertiary/aromatic N) is 3. The molecule has 0 saturated heterocycles. The fraction of sp³-hybridized carbons (Fsp3) is 0.150. The zero-order valence-electron chi connectivity index (χ0n) is 14.2. The molecule has 4 rings (SSSR count). The van der Waals surface area contributed by atoms with E-state index in [1.54, 1.807) is 24.5 Å². The topological polar surface area (TPSA) is 58.1 Å². The maximum Gasteiger partial charge on any atom is 0.261 e. The monoisotopic (exact) mass is 364 g/mol. The van der Waals surface area contributed by atoms with Gasteiger partial charge in [0.1, 0.15) is 0 Å². The molecule has 1 atom stereocenters. The lowest BCUT2D eigenvalue weighted by Gasteiger charge is -2.22. The summed E-state index contributed by atoms with van der Waals surface area (Å²) in [6, 6.07) is 15.4. The minimum Gasteiger partial charge on any atom is -0.324 e. The highest BCUT2D eigenvalue weighted by Gasteiger charge is 2.31. The first-order valence-corrected chi connectivity index (χ1v) is 8.76. The fourth-order valence-corrected chi connectivity index (χ4v) is 3.40. The van der Waals surface area contributed by atoms with Crippen LogP contribution in [0.15, 0.2) is 60.9 Å². The van der Waals surface area contributed by atoms with Gasteiger partial charge in [-0.3, -0.25) is 4.79 Å². The highest BCUT2D eigenvalue weighted by Crippen LogP contribution is 2.32. The van der Waals surface area contributed by atoms with Crippen molar-refractivity contribution in [3.05, 3.63) is 77.1 Å². The molecular weight excluding hydrogens is 348 g/mol. The number of nitrogens with one attached hydrogen (secondary N) is 1. The summed E-state index contributed by atoms with van der Waals surface area (Å²) in [7, 11) is 0. The molecule has 130 valence electrons. The summed E-state index contributed by atoms with van der Waals surface area (Å²) in [5.74, 6) is 0.329. The number of para-hydroxylation sites is 1. The summed E-state index contributed by atoms with van der Waals surface area (Å²) < 4.78 is 0. The first-order chi connectivity index (χ1) is 12.6. The predicted octanol–water partition coefficient (Wildman–Crippen LogP) is 4.47. The molecule has 26 heavy (non-hydrogen) atoms. The maximum atomic E-state index is 12.9. The van der Waals surface area contributed by atoms with Crippen LogP contribution in [-0.4, -0.2) is 21.9 Å². The van der Waals surface area contributed by atoms with Crippen LogP contribution in [0.4, 0.5) is 17.3 Å². The van der Waals surface area contributed by atoms with E-state index in [9.17, 15) is 4.79 Å². The van der Waals surface area contributed by atoms with Crippen LogP contribution in [-0.2, 0) is 6.42 Å². The van der Waals surface area contributed by atoms with Gasteiger partial charge in [-0.05, 0) is 43.2 Å². The Labute approximate surface area is 156 Å². The molecule has 1 N–H and O–H groups in total. The van der Waals surface area contributed by atoms with Gasteiger partial charge in [0.05, 0.1) is 5.56 Å². The Bertz CT molecular complexity index is 958. The number of anilines is 3. The zero-order valence-corrected chi connectivity index (χ0v) is 14.9. The Morgan fingerprint density at radius 1 is 1.15 bits per heavy atom. The fourth-order valence-electron chi connectivity index (χ4n) is 3.21. The van der Waals surface area contributed by atoms with E-state index < -0.39 is 0 Å². The van der Waals surface area contributed by atoms with Gasteiger partial charge in [0.15, 0.2) is 0 Å². The molecule has 0 saturated carbocycles. The van der Waals surface area contributed by atoms with Crippen LogP contribution in [0.2, 0.25) is 5.02 Å². The van der Waals surface area contributed by atoms with Gasteiger partial charge >= 0.3 is 0 Å². The first kappa shape index (κ1) is 16.5. The summed E-state index contributed by atoms with van der Waals surface area (Å²) in [6.45, 7) is 2.05. The van der Waals surface area contributed by atoms with Gasteiger partial charge in [0.2, 0.25) is 5.95 Å². The van der Waals surface area contributed by atoms with Crippen LogP contribution in [0.3, 0.4) is 0 Å². The molecule has 1 amide bonds. The number of benzene rings is 2. The van der Waals surface area contributed by atoms with Gasteiger partial charge in [-0.1, -0.05) is 35.9 Å². The van der Waals surface area contributed by atoms with Crippen molar-refractivity contribution in [2.45, 2.75) is 19.4 Å². The second-order valence-corrected chi connectivity index (χ2v) is 6.72. The number of halogens is 1. The number of carbonyl (C=O) groups excluding carboxylic acids is 1. The molecule has 0 bridgehead atoms. The van der Waals surface area contributed by atoms with E-state index in [0.717, 1.165) is 17.8 Å². The van der Waals surface area contributed by atoms with Crippen LogP contribution in [0.25, 0.3) is 0 Å². The zero-order chi connectivity index (χ0) is 18.1. The maximum absolute atomic E-state index is 12.9. The van der Waals surface area contributed by atoms with E-state index in [-0.39, 0.29) is 11.9 Å². The third kappa shape index (κ3) is 3.13. The van der Waals surface area contributed by atoms with Crippen LogP contribution < -0.4 is 10.2 Å². The largest absolute Gasteiger partial charge is 0.324 e. The first-order valence-electron chi connectivity index (χ1n) is 8.38. The third-order valence-corrected chi connectivity index (χ3v) is 4.64. The molecule has 1 aliphatic rings. The Morgan fingerprint density at radius 3 is 2.69 bits per heavy atom. The molecule has 1 unspecified atom stereocenters. The molecule has 0 spiro atoms. The molecule has 5 nitrogen and oxygen atoms in total. The summed E-state index contributed by atoms with van der Waals surface area (Å²) in [4.78, 5) is 23.3. The summed E-state index contributed by atoms with van der Waals surface area (Å²) in [6.07, 6.45) is 3.96. The number of carbonyl (C=O) groups is 1. The number of rotatable bonds is 3. The number of aromatic nitrogens is 2. The molecular formula is C20H17ClN4O. The van der Waals surface area contributed by atoms with E-state index in [1.807, 2.05) is 42.2 Å². The van der Waals surface area contributed by atoms with Crippen molar-refractivity contribution in [1.82, 2.24) is 9.97 Å². The Hall–Kier alpha value is -2.92. The van der Waals surface area contributed by atoms with E-state index in [2.05, 4.69) is 21.4 Å². The van der Waals surface area contributed by atoms with Crippen molar-refractivity contribution in [2.75, 3.05) is 10.2 Å². The van der Waals surface area contributed by atoms with Crippen molar-refractivity contribution in [2.24, 2.45) is 0 Å². The molecule has 6 heteroatoms. The summed E-state index contributed by atoms with van der Waals surface area (Å²) >= 11 is 5.97. The highest BCUT2D eigenvalue weighted by molar-refractivity contribution is 6.30. The van der Waals surface area contributed by atoms with Crippen LogP contribution in [0, 0.1) is 0 Å². The minimum absolute atomic E-state index is 0.0863. The number of hydrogen-bond donors (Lipinski definition) is 1. The van der Waals surface area contributed by atoms with Crippen LogP contribution in [0.5, 0.6) is 0 Å². The molecule has 1 aromatic heterocycles. The van der Waals surface area contributed by atoms with E-state index in [0.29, 0.717) is 16.5 Å². The molecule has 2 aromatic carbocycles. The average Bonchev–Trinajstić information content (AvgIpc) is 2.97. The summed E-state index contributed by atoms with van der Waals surface area (Å²) in [5, 5.41) is 3.70. The lowest BCUT2D eigenvalue weighted by atomic mass is 10.1. The number of fused-ring (bicyclic) bond motifs is 1. The van der Waals surface area contributed by atoms with Crippen molar-refractivity contribution < 1.29 is 4.79 Å².